The predicted octanol–water partition coefficient (Wildman–Crippen LogP) is 1.59. The predicted molar refractivity (Wildman–Crippen MR) is 93.5 cm³/mol. The van der Waals surface area contributed by atoms with Crippen molar-refractivity contribution in [3.05, 3.63) is 45.9 Å². The van der Waals surface area contributed by atoms with Gasteiger partial charge in [-0.05, 0) is 24.5 Å². The number of pyridine rings is 1. The topological polar surface area (TPSA) is 90.1 Å². The summed E-state index contributed by atoms with van der Waals surface area (Å²) in [5.74, 6) is -1.03. The van der Waals surface area contributed by atoms with Gasteiger partial charge in [0.2, 0.25) is 11.7 Å². The molecular formula is C18H17F4N5O3. The van der Waals surface area contributed by atoms with Crippen molar-refractivity contribution in [2.45, 2.75) is 44.2 Å². The van der Waals surface area contributed by atoms with Gasteiger partial charge in [-0.1, -0.05) is 6.07 Å². The summed E-state index contributed by atoms with van der Waals surface area (Å²) in [7, 11) is 0. The summed E-state index contributed by atoms with van der Waals surface area (Å²) in [5, 5.41) is 3.99. The average molecular weight is 427 g/mol. The molecule has 1 saturated heterocycles. The molecule has 4 rings (SSSR count). The molecule has 2 atom stereocenters. The SMILES string of the molecule is O=C1CC[C@@H](C(=O)N2CC[C@H](F)C2)n2c1nn(Cc1ccc(C(F)(F)F)nc1)c2=O. The summed E-state index contributed by atoms with van der Waals surface area (Å²) in [6.45, 7) is -0.0347. The number of ketones is 1. The number of carbonyl (C=O) groups excluding carboxylic acids is 2. The van der Waals surface area contributed by atoms with E-state index >= 15 is 0 Å². The molecule has 12 heteroatoms. The standard InChI is InChI=1S/C18H17F4N5O3/c19-11-5-6-25(9-11)16(29)12-2-3-13(28)15-24-26(17(30)27(12)15)8-10-1-4-14(23-7-10)18(20,21)22/h1,4,7,11-12H,2-3,5-6,8-9H2/t11-,12-/m0/s1. The molecule has 2 aliphatic heterocycles. The van der Waals surface area contributed by atoms with Gasteiger partial charge in [0.1, 0.15) is 17.9 Å². The molecule has 0 N–H and O–H groups in total. The van der Waals surface area contributed by atoms with Crippen LogP contribution in [0.15, 0.2) is 23.1 Å². The molecule has 1 fully saturated rings. The van der Waals surface area contributed by atoms with Crippen molar-refractivity contribution < 1.29 is 27.2 Å². The second-order valence-corrected chi connectivity index (χ2v) is 7.33. The Kier molecular flexibility index (Phi) is 4.94. The Morgan fingerprint density at radius 3 is 2.57 bits per heavy atom. The molecule has 0 spiro atoms. The van der Waals surface area contributed by atoms with Crippen LogP contribution < -0.4 is 5.69 Å². The second-order valence-electron chi connectivity index (χ2n) is 7.33. The number of rotatable bonds is 3. The van der Waals surface area contributed by atoms with Gasteiger partial charge in [-0.3, -0.25) is 19.1 Å². The first-order valence-electron chi connectivity index (χ1n) is 9.32. The highest BCUT2D eigenvalue weighted by atomic mass is 19.4. The molecule has 0 saturated carbocycles. The zero-order valence-corrected chi connectivity index (χ0v) is 15.6. The van der Waals surface area contributed by atoms with Crippen molar-refractivity contribution >= 4 is 11.7 Å². The van der Waals surface area contributed by atoms with Crippen LogP contribution in [0.3, 0.4) is 0 Å². The Balaban J connectivity index is 1.62. The van der Waals surface area contributed by atoms with E-state index in [-0.39, 0.29) is 50.3 Å². The van der Waals surface area contributed by atoms with Crippen molar-refractivity contribution in [2.24, 2.45) is 0 Å². The number of hydrogen-bond donors (Lipinski definition) is 0. The highest BCUT2D eigenvalue weighted by Gasteiger charge is 2.39. The molecule has 2 aromatic rings. The van der Waals surface area contributed by atoms with E-state index in [1.165, 1.54) is 4.90 Å². The number of carbonyl (C=O) groups is 2. The lowest BCUT2D eigenvalue weighted by Crippen LogP contribution is -2.42. The maximum absolute atomic E-state index is 13.5. The molecule has 2 aliphatic rings. The summed E-state index contributed by atoms with van der Waals surface area (Å²) in [4.78, 5) is 42.6. The summed E-state index contributed by atoms with van der Waals surface area (Å²) in [5.41, 5.74) is -1.52. The van der Waals surface area contributed by atoms with Gasteiger partial charge in [0.15, 0.2) is 5.78 Å². The Bertz CT molecular complexity index is 1040. The zero-order valence-electron chi connectivity index (χ0n) is 15.6. The highest BCUT2D eigenvalue weighted by Crippen LogP contribution is 2.28. The minimum atomic E-state index is -4.59. The largest absolute Gasteiger partial charge is 0.433 e. The minimum Gasteiger partial charge on any atom is -0.338 e. The van der Waals surface area contributed by atoms with Crippen LogP contribution in [-0.2, 0) is 17.5 Å². The van der Waals surface area contributed by atoms with Crippen LogP contribution in [0.1, 0.15) is 47.2 Å². The number of halogens is 4. The number of alkyl halides is 4. The van der Waals surface area contributed by atoms with Gasteiger partial charge in [-0.2, -0.15) is 13.2 Å². The fraction of sp³-hybridized carbons (Fsp3) is 0.500. The average Bonchev–Trinajstić information content (AvgIpc) is 3.26. The van der Waals surface area contributed by atoms with Gasteiger partial charge in [0.05, 0.1) is 13.1 Å². The van der Waals surface area contributed by atoms with Crippen LogP contribution in [0, 0.1) is 0 Å². The van der Waals surface area contributed by atoms with Gasteiger partial charge in [0.25, 0.3) is 0 Å². The van der Waals surface area contributed by atoms with Crippen molar-refractivity contribution in [2.75, 3.05) is 13.1 Å². The molecule has 4 heterocycles. The zero-order chi connectivity index (χ0) is 21.6. The van der Waals surface area contributed by atoms with E-state index in [1.54, 1.807) is 0 Å². The van der Waals surface area contributed by atoms with E-state index < -0.39 is 41.5 Å². The number of likely N-dealkylation sites (tertiary alicyclic amines) is 1. The van der Waals surface area contributed by atoms with E-state index in [0.29, 0.717) is 0 Å². The summed E-state index contributed by atoms with van der Waals surface area (Å²) >= 11 is 0. The van der Waals surface area contributed by atoms with Gasteiger partial charge >= 0.3 is 11.9 Å². The van der Waals surface area contributed by atoms with Crippen LogP contribution in [0.4, 0.5) is 17.6 Å². The Morgan fingerprint density at radius 2 is 1.97 bits per heavy atom. The molecule has 0 aliphatic carbocycles. The Hall–Kier alpha value is -3.05. The molecule has 0 aromatic carbocycles. The molecule has 1 amide bonds. The smallest absolute Gasteiger partial charge is 0.338 e. The normalized spacial score (nSPS) is 21.7. The van der Waals surface area contributed by atoms with Crippen LogP contribution in [0.5, 0.6) is 0 Å². The van der Waals surface area contributed by atoms with Crippen LogP contribution in [-0.4, -0.2) is 55.2 Å². The lowest BCUT2D eigenvalue weighted by atomic mass is 10.0. The molecule has 2 aromatic heterocycles. The summed E-state index contributed by atoms with van der Waals surface area (Å²) < 4.78 is 53.4. The van der Waals surface area contributed by atoms with E-state index in [1.807, 2.05) is 0 Å². The van der Waals surface area contributed by atoms with Crippen LogP contribution >= 0.6 is 0 Å². The molecule has 8 nitrogen and oxygen atoms in total. The molecule has 30 heavy (non-hydrogen) atoms. The van der Waals surface area contributed by atoms with Gasteiger partial charge < -0.3 is 4.90 Å². The van der Waals surface area contributed by atoms with Gasteiger partial charge in [0, 0.05) is 19.2 Å². The summed E-state index contributed by atoms with van der Waals surface area (Å²) in [6, 6.07) is 0.987. The third-order valence-corrected chi connectivity index (χ3v) is 5.25. The van der Waals surface area contributed by atoms with E-state index in [4.69, 9.17) is 0 Å². The fourth-order valence-electron chi connectivity index (χ4n) is 3.72. The fourth-order valence-corrected chi connectivity index (χ4v) is 3.72. The van der Waals surface area contributed by atoms with E-state index in [9.17, 15) is 31.9 Å². The quantitative estimate of drug-likeness (QED) is 0.694. The molecule has 0 unspecified atom stereocenters. The van der Waals surface area contributed by atoms with Crippen LogP contribution in [0.2, 0.25) is 0 Å². The number of nitrogens with zero attached hydrogens (tertiary/aromatic N) is 5. The first kappa shape index (κ1) is 20.2. The van der Waals surface area contributed by atoms with E-state index in [0.717, 1.165) is 27.6 Å². The van der Waals surface area contributed by atoms with Crippen molar-refractivity contribution in [3.63, 3.8) is 0 Å². The lowest BCUT2D eigenvalue weighted by Gasteiger charge is -2.26. The van der Waals surface area contributed by atoms with Crippen molar-refractivity contribution in [3.8, 4) is 0 Å². The second kappa shape index (κ2) is 7.33. The monoisotopic (exact) mass is 427 g/mol. The number of aromatic nitrogens is 4. The Morgan fingerprint density at radius 1 is 1.20 bits per heavy atom. The van der Waals surface area contributed by atoms with Gasteiger partial charge in [-0.15, -0.1) is 5.10 Å². The minimum absolute atomic E-state index is 0.0155. The van der Waals surface area contributed by atoms with Crippen molar-refractivity contribution in [1.29, 1.82) is 0 Å². The molecular weight excluding hydrogens is 410 g/mol. The first-order chi connectivity index (χ1) is 14.1. The van der Waals surface area contributed by atoms with Gasteiger partial charge in [-0.25, -0.2) is 13.9 Å². The lowest BCUT2D eigenvalue weighted by molar-refractivity contribution is -0.141. The number of hydrogen-bond acceptors (Lipinski definition) is 5. The molecule has 0 bridgehead atoms. The number of Topliss-reactive ketones (excluding diaryl/α,β-unsaturated/α-hetero) is 1. The van der Waals surface area contributed by atoms with Crippen LogP contribution in [0.25, 0.3) is 0 Å². The maximum Gasteiger partial charge on any atom is 0.433 e. The number of fused-ring (bicyclic) bond motifs is 1. The Labute approximate surface area is 167 Å². The molecule has 160 valence electrons. The maximum atomic E-state index is 13.5. The third kappa shape index (κ3) is 3.61. The third-order valence-electron chi connectivity index (χ3n) is 5.25. The summed E-state index contributed by atoms with van der Waals surface area (Å²) in [6.07, 6.45) is -4.39. The highest BCUT2D eigenvalue weighted by molar-refractivity contribution is 5.95. The van der Waals surface area contributed by atoms with Crippen molar-refractivity contribution in [1.82, 2.24) is 24.2 Å². The molecule has 0 radical (unpaired) electrons. The first-order valence-corrected chi connectivity index (χ1v) is 9.32. The van der Waals surface area contributed by atoms with E-state index in [2.05, 4.69) is 10.1 Å². The number of amides is 1.